The second kappa shape index (κ2) is 6.93. The SMILES string of the molecule is COC[C@]1(C)C[C@@H](O)CN1C(=O)OCc1ccc([N+](=O)[O-])cc1. The largest absolute Gasteiger partial charge is 0.445 e. The first-order chi connectivity index (χ1) is 10.9. The normalized spacial score (nSPS) is 23.8. The number of hydrogen-bond donors (Lipinski definition) is 1. The zero-order valence-electron chi connectivity index (χ0n) is 13.1. The van der Waals surface area contributed by atoms with Crippen LogP contribution in [0.15, 0.2) is 24.3 Å². The Labute approximate surface area is 133 Å². The molecule has 0 unspecified atom stereocenters. The Bertz CT molecular complexity index is 576. The molecule has 0 saturated carbocycles. The van der Waals surface area contributed by atoms with E-state index in [0.29, 0.717) is 18.6 Å². The summed E-state index contributed by atoms with van der Waals surface area (Å²) in [5.74, 6) is 0. The molecule has 1 aliphatic heterocycles. The van der Waals surface area contributed by atoms with Crippen molar-refractivity contribution < 1.29 is 24.3 Å². The lowest BCUT2D eigenvalue weighted by Crippen LogP contribution is -2.48. The van der Waals surface area contributed by atoms with Crippen molar-refractivity contribution in [3.8, 4) is 0 Å². The first kappa shape index (κ1) is 17.2. The molecule has 126 valence electrons. The fourth-order valence-corrected chi connectivity index (χ4v) is 2.79. The molecule has 8 nitrogen and oxygen atoms in total. The highest BCUT2D eigenvalue weighted by Crippen LogP contribution is 2.30. The van der Waals surface area contributed by atoms with Gasteiger partial charge in [-0.05, 0) is 24.6 Å². The van der Waals surface area contributed by atoms with E-state index in [1.807, 2.05) is 6.92 Å². The second-order valence-corrected chi connectivity index (χ2v) is 5.88. The van der Waals surface area contributed by atoms with E-state index >= 15 is 0 Å². The van der Waals surface area contributed by atoms with E-state index < -0.39 is 22.7 Å². The Kier molecular flexibility index (Phi) is 5.17. The lowest BCUT2D eigenvalue weighted by atomic mass is 10.00. The maximum absolute atomic E-state index is 12.3. The zero-order valence-corrected chi connectivity index (χ0v) is 13.1. The van der Waals surface area contributed by atoms with Gasteiger partial charge in [-0.1, -0.05) is 0 Å². The third-order valence-electron chi connectivity index (χ3n) is 3.91. The molecule has 1 aliphatic rings. The predicted octanol–water partition coefficient (Wildman–Crippen LogP) is 1.70. The minimum atomic E-state index is -0.610. The van der Waals surface area contributed by atoms with Crippen LogP contribution in [0, 0.1) is 10.1 Å². The quantitative estimate of drug-likeness (QED) is 0.653. The van der Waals surface area contributed by atoms with Gasteiger partial charge in [-0.2, -0.15) is 0 Å². The highest BCUT2D eigenvalue weighted by Gasteiger charge is 2.45. The number of carbonyl (C=O) groups is 1. The number of rotatable bonds is 5. The lowest BCUT2D eigenvalue weighted by Gasteiger charge is -2.33. The second-order valence-electron chi connectivity index (χ2n) is 5.88. The third-order valence-corrected chi connectivity index (χ3v) is 3.91. The van der Waals surface area contributed by atoms with Crippen LogP contribution in [0.25, 0.3) is 0 Å². The number of nitro benzene ring substituents is 1. The summed E-state index contributed by atoms with van der Waals surface area (Å²) in [6.07, 6.45) is -0.727. The van der Waals surface area contributed by atoms with Gasteiger partial charge in [-0.25, -0.2) is 4.79 Å². The fourth-order valence-electron chi connectivity index (χ4n) is 2.79. The van der Waals surface area contributed by atoms with Crippen molar-refractivity contribution >= 4 is 11.8 Å². The maximum Gasteiger partial charge on any atom is 0.410 e. The van der Waals surface area contributed by atoms with Crippen molar-refractivity contribution in [3.05, 3.63) is 39.9 Å². The number of methoxy groups -OCH3 is 1. The van der Waals surface area contributed by atoms with Gasteiger partial charge in [-0.15, -0.1) is 0 Å². The van der Waals surface area contributed by atoms with Crippen molar-refractivity contribution in [1.29, 1.82) is 0 Å². The van der Waals surface area contributed by atoms with E-state index in [4.69, 9.17) is 9.47 Å². The average molecular weight is 324 g/mol. The van der Waals surface area contributed by atoms with Crippen LogP contribution in [0.5, 0.6) is 0 Å². The molecule has 0 aromatic heterocycles. The van der Waals surface area contributed by atoms with Crippen LogP contribution < -0.4 is 0 Å². The summed E-state index contributed by atoms with van der Waals surface area (Å²) in [4.78, 5) is 23.8. The molecule has 1 heterocycles. The van der Waals surface area contributed by atoms with E-state index in [1.165, 1.54) is 24.1 Å². The number of hydrogen-bond acceptors (Lipinski definition) is 6. The first-order valence-corrected chi connectivity index (χ1v) is 7.20. The van der Waals surface area contributed by atoms with E-state index in [9.17, 15) is 20.0 Å². The average Bonchev–Trinajstić information content (AvgIpc) is 2.80. The highest BCUT2D eigenvalue weighted by molar-refractivity contribution is 5.69. The number of nitrogens with zero attached hydrogens (tertiary/aromatic N) is 2. The smallest absolute Gasteiger partial charge is 0.410 e. The van der Waals surface area contributed by atoms with Gasteiger partial charge < -0.3 is 14.6 Å². The summed E-state index contributed by atoms with van der Waals surface area (Å²) in [7, 11) is 1.54. The van der Waals surface area contributed by atoms with Crippen LogP contribution in [0.4, 0.5) is 10.5 Å². The molecule has 2 rings (SSSR count). The Morgan fingerprint density at radius 2 is 2.13 bits per heavy atom. The molecule has 23 heavy (non-hydrogen) atoms. The number of non-ortho nitro benzene ring substituents is 1. The van der Waals surface area contributed by atoms with E-state index in [0.717, 1.165) is 0 Å². The van der Waals surface area contributed by atoms with Crippen molar-refractivity contribution in [3.63, 3.8) is 0 Å². The van der Waals surface area contributed by atoms with E-state index in [-0.39, 0.29) is 18.8 Å². The summed E-state index contributed by atoms with van der Waals surface area (Å²) in [6, 6.07) is 5.80. The van der Waals surface area contributed by atoms with Gasteiger partial charge >= 0.3 is 6.09 Å². The molecule has 1 aromatic carbocycles. The van der Waals surface area contributed by atoms with Gasteiger partial charge in [0.25, 0.3) is 5.69 Å². The molecule has 1 N–H and O–H groups in total. The molecule has 8 heteroatoms. The maximum atomic E-state index is 12.3. The number of benzene rings is 1. The summed E-state index contributed by atoms with van der Waals surface area (Å²) in [5, 5.41) is 20.4. The van der Waals surface area contributed by atoms with E-state index in [1.54, 1.807) is 12.1 Å². The number of β-amino-alcohol motifs (C(OH)–C–C–N with tert-alkyl or cyclic N) is 1. The van der Waals surface area contributed by atoms with Crippen LogP contribution in [-0.2, 0) is 16.1 Å². The molecular formula is C15H20N2O6. The van der Waals surface area contributed by atoms with Crippen molar-refractivity contribution in [2.75, 3.05) is 20.3 Å². The third kappa shape index (κ3) is 3.96. The van der Waals surface area contributed by atoms with Gasteiger partial charge in [0.2, 0.25) is 0 Å². The van der Waals surface area contributed by atoms with Crippen LogP contribution in [0.3, 0.4) is 0 Å². The molecule has 0 bridgehead atoms. The number of carbonyl (C=O) groups excluding carboxylic acids is 1. The number of nitro groups is 1. The summed E-state index contributed by atoms with van der Waals surface area (Å²) in [5.41, 5.74) is 0.0216. The Hall–Kier alpha value is -2.19. The summed E-state index contributed by atoms with van der Waals surface area (Å²) >= 11 is 0. The van der Waals surface area contributed by atoms with Crippen LogP contribution in [0.1, 0.15) is 18.9 Å². The van der Waals surface area contributed by atoms with Crippen LogP contribution in [0.2, 0.25) is 0 Å². The number of aliphatic hydroxyl groups is 1. The van der Waals surface area contributed by atoms with Crippen molar-refractivity contribution in [1.82, 2.24) is 4.90 Å². The topological polar surface area (TPSA) is 102 Å². The lowest BCUT2D eigenvalue weighted by molar-refractivity contribution is -0.384. The van der Waals surface area contributed by atoms with Crippen LogP contribution in [-0.4, -0.2) is 52.9 Å². The van der Waals surface area contributed by atoms with Gasteiger partial charge in [0.1, 0.15) is 6.61 Å². The molecule has 1 saturated heterocycles. The monoisotopic (exact) mass is 324 g/mol. The van der Waals surface area contributed by atoms with E-state index in [2.05, 4.69) is 0 Å². The first-order valence-electron chi connectivity index (χ1n) is 7.20. The van der Waals surface area contributed by atoms with Gasteiger partial charge in [0.15, 0.2) is 0 Å². The molecule has 2 atom stereocenters. The van der Waals surface area contributed by atoms with Crippen molar-refractivity contribution in [2.24, 2.45) is 0 Å². The summed E-state index contributed by atoms with van der Waals surface area (Å²) in [6.45, 7) is 2.34. The Balaban J connectivity index is 1.97. The number of amides is 1. The minimum Gasteiger partial charge on any atom is -0.445 e. The van der Waals surface area contributed by atoms with Gasteiger partial charge in [0, 0.05) is 25.7 Å². The fraction of sp³-hybridized carbons (Fsp3) is 0.533. The molecule has 1 fully saturated rings. The Morgan fingerprint density at radius 3 is 2.70 bits per heavy atom. The molecule has 0 spiro atoms. The number of aliphatic hydroxyl groups excluding tert-OH is 1. The standard InChI is InChI=1S/C15H20N2O6/c1-15(10-22-2)7-13(18)8-16(15)14(19)23-9-11-3-5-12(6-4-11)17(20)21/h3-6,13,18H,7-10H2,1-2H3/t13-,15+/m1/s1. The molecule has 0 radical (unpaired) electrons. The molecule has 1 aromatic rings. The molecule has 0 aliphatic carbocycles. The number of likely N-dealkylation sites (tertiary alicyclic amines) is 1. The minimum absolute atomic E-state index is 0.00643. The zero-order chi connectivity index (χ0) is 17.0. The van der Waals surface area contributed by atoms with Gasteiger partial charge in [0.05, 0.1) is 29.7 Å². The van der Waals surface area contributed by atoms with Gasteiger partial charge in [-0.3, -0.25) is 15.0 Å². The molecule has 1 amide bonds. The van der Waals surface area contributed by atoms with Crippen molar-refractivity contribution in [2.45, 2.75) is 31.6 Å². The Morgan fingerprint density at radius 1 is 1.48 bits per heavy atom. The predicted molar refractivity (Wildman–Crippen MR) is 80.9 cm³/mol. The summed E-state index contributed by atoms with van der Waals surface area (Å²) < 4.78 is 10.4. The molecular weight excluding hydrogens is 304 g/mol. The van der Waals surface area contributed by atoms with Crippen LogP contribution >= 0.6 is 0 Å². The highest BCUT2D eigenvalue weighted by atomic mass is 16.6. The number of ether oxygens (including phenoxy) is 2.